The third-order valence-corrected chi connectivity index (χ3v) is 8.00. The van der Waals surface area contributed by atoms with Crippen molar-refractivity contribution in [2.45, 2.75) is 31.3 Å². The van der Waals surface area contributed by atoms with Crippen LogP contribution in [0.25, 0.3) is 11.4 Å². The molecule has 1 fully saturated rings. The van der Waals surface area contributed by atoms with Gasteiger partial charge in [-0.05, 0) is 57.1 Å². The SMILES string of the molecule is Cc1ccc(-c2n[nH]c(C3(Nc4cccc(C(=O)NC5COc6cccc(Cl)c65)c4)CCN(C)CC3)n2)cc1. The Bertz CT molecular complexity index is 1490. The molecular weight excluding hydrogens is 512 g/mol. The summed E-state index contributed by atoms with van der Waals surface area (Å²) in [6, 6.07) is 21.0. The maximum atomic E-state index is 13.3. The van der Waals surface area contributed by atoms with Crippen LogP contribution in [-0.4, -0.2) is 52.7 Å². The molecule has 3 heterocycles. The van der Waals surface area contributed by atoms with Gasteiger partial charge < -0.3 is 20.3 Å². The summed E-state index contributed by atoms with van der Waals surface area (Å²) in [5.41, 5.74) is 3.95. The lowest BCUT2D eigenvalue weighted by Crippen LogP contribution is -2.46. The number of piperidine rings is 1. The quantitative estimate of drug-likeness (QED) is 0.305. The third-order valence-electron chi connectivity index (χ3n) is 7.67. The summed E-state index contributed by atoms with van der Waals surface area (Å²) in [5.74, 6) is 2.01. The van der Waals surface area contributed by atoms with Crippen molar-refractivity contribution in [1.82, 2.24) is 25.4 Å². The minimum absolute atomic E-state index is 0.182. The van der Waals surface area contributed by atoms with Crippen LogP contribution in [-0.2, 0) is 5.54 Å². The van der Waals surface area contributed by atoms with Gasteiger partial charge in [-0.15, -0.1) is 0 Å². The predicted molar refractivity (Wildman–Crippen MR) is 152 cm³/mol. The number of nitrogens with zero attached hydrogens (tertiary/aromatic N) is 3. The molecule has 0 radical (unpaired) electrons. The van der Waals surface area contributed by atoms with Crippen molar-refractivity contribution in [1.29, 1.82) is 0 Å². The Morgan fingerprint density at radius 2 is 1.87 bits per heavy atom. The summed E-state index contributed by atoms with van der Waals surface area (Å²) in [5, 5.41) is 15.2. The van der Waals surface area contributed by atoms with Crippen LogP contribution in [0.2, 0.25) is 5.02 Å². The number of H-pyrrole nitrogens is 1. The van der Waals surface area contributed by atoms with E-state index >= 15 is 0 Å². The number of rotatable bonds is 6. The smallest absolute Gasteiger partial charge is 0.251 e. The number of benzene rings is 3. The first-order valence-electron chi connectivity index (χ1n) is 13.2. The van der Waals surface area contributed by atoms with E-state index in [0.29, 0.717) is 28.8 Å². The van der Waals surface area contributed by atoms with E-state index in [0.717, 1.165) is 48.6 Å². The van der Waals surface area contributed by atoms with Gasteiger partial charge in [0.15, 0.2) is 11.6 Å². The average Bonchev–Trinajstić information content (AvgIpc) is 3.60. The lowest BCUT2D eigenvalue weighted by Gasteiger charge is -2.40. The molecule has 8 nitrogen and oxygen atoms in total. The Balaban J connectivity index is 1.24. The zero-order chi connectivity index (χ0) is 27.0. The molecule has 6 rings (SSSR count). The van der Waals surface area contributed by atoms with Crippen LogP contribution in [0, 0.1) is 6.92 Å². The zero-order valence-electron chi connectivity index (χ0n) is 22.0. The van der Waals surface area contributed by atoms with Gasteiger partial charge in [0.05, 0.1) is 11.6 Å². The normalized spacial score (nSPS) is 18.3. The molecule has 0 spiro atoms. The largest absolute Gasteiger partial charge is 0.491 e. The lowest BCUT2D eigenvalue weighted by molar-refractivity contribution is 0.0930. The average molecular weight is 543 g/mol. The van der Waals surface area contributed by atoms with Crippen molar-refractivity contribution >= 4 is 23.2 Å². The maximum absolute atomic E-state index is 13.3. The summed E-state index contributed by atoms with van der Waals surface area (Å²) in [6.45, 7) is 4.24. The highest BCUT2D eigenvalue weighted by molar-refractivity contribution is 6.31. The van der Waals surface area contributed by atoms with Crippen molar-refractivity contribution in [3.63, 3.8) is 0 Å². The number of aromatic amines is 1. The second-order valence-corrected chi connectivity index (χ2v) is 10.9. The summed E-state index contributed by atoms with van der Waals surface area (Å²) < 4.78 is 5.73. The van der Waals surface area contributed by atoms with Gasteiger partial charge in [-0.1, -0.05) is 53.6 Å². The minimum atomic E-state index is -0.441. The van der Waals surface area contributed by atoms with E-state index in [9.17, 15) is 4.79 Å². The Hall–Kier alpha value is -3.88. The Kier molecular flexibility index (Phi) is 6.74. The molecule has 200 valence electrons. The molecule has 2 aliphatic heterocycles. The molecule has 3 N–H and O–H groups in total. The molecule has 1 atom stereocenters. The van der Waals surface area contributed by atoms with E-state index in [1.54, 1.807) is 0 Å². The number of ether oxygens (including phenoxy) is 1. The Morgan fingerprint density at radius 1 is 1.10 bits per heavy atom. The molecular formula is C30H31ClN6O2. The number of carbonyl (C=O) groups is 1. The second kappa shape index (κ2) is 10.4. The van der Waals surface area contributed by atoms with Gasteiger partial charge in [0, 0.05) is 40.5 Å². The van der Waals surface area contributed by atoms with Crippen LogP contribution in [0.15, 0.2) is 66.7 Å². The van der Waals surface area contributed by atoms with E-state index in [4.69, 9.17) is 21.3 Å². The first kappa shape index (κ1) is 25.4. The van der Waals surface area contributed by atoms with E-state index in [1.165, 1.54) is 5.56 Å². The van der Waals surface area contributed by atoms with Crippen molar-refractivity contribution in [3.05, 3.63) is 94.3 Å². The van der Waals surface area contributed by atoms with Gasteiger partial charge in [0.1, 0.15) is 12.4 Å². The van der Waals surface area contributed by atoms with Crippen LogP contribution in [0.5, 0.6) is 5.75 Å². The van der Waals surface area contributed by atoms with E-state index in [2.05, 4.69) is 51.8 Å². The Morgan fingerprint density at radius 3 is 2.67 bits per heavy atom. The number of anilines is 1. The number of carbonyl (C=O) groups excluding carboxylic acids is 1. The van der Waals surface area contributed by atoms with Gasteiger partial charge in [-0.25, -0.2) is 4.98 Å². The number of aryl methyl sites for hydroxylation is 1. The molecule has 0 saturated carbocycles. The number of nitrogens with one attached hydrogen (secondary N) is 3. The fraction of sp³-hybridized carbons (Fsp3) is 0.300. The molecule has 1 aromatic heterocycles. The van der Waals surface area contributed by atoms with Gasteiger partial charge in [0.25, 0.3) is 5.91 Å². The van der Waals surface area contributed by atoms with E-state index in [-0.39, 0.29) is 11.9 Å². The number of hydrogen-bond donors (Lipinski definition) is 3. The van der Waals surface area contributed by atoms with Crippen molar-refractivity contribution in [3.8, 4) is 17.1 Å². The standard InChI is InChI=1S/C30H31ClN6O2/c1-19-9-11-20(12-10-19)27-33-29(36-35-27)30(13-15-37(2)16-14-30)34-22-6-3-5-21(17-22)28(38)32-24-18-39-25-8-4-7-23(31)26(24)25/h3-12,17,24,34H,13-16,18H2,1-2H3,(H,32,38)(H,33,35,36). The van der Waals surface area contributed by atoms with Gasteiger partial charge >= 0.3 is 0 Å². The molecule has 2 aliphatic rings. The molecule has 1 saturated heterocycles. The fourth-order valence-corrected chi connectivity index (χ4v) is 5.63. The number of halogens is 1. The highest BCUT2D eigenvalue weighted by atomic mass is 35.5. The zero-order valence-corrected chi connectivity index (χ0v) is 22.8. The third kappa shape index (κ3) is 5.10. The lowest BCUT2D eigenvalue weighted by atomic mass is 9.86. The highest BCUT2D eigenvalue weighted by Gasteiger charge is 2.39. The van der Waals surface area contributed by atoms with Crippen LogP contribution in [0.3, 0.4) is 0 Å². The molecule has 4 aromatic rings. The molecule has 3 aromatic carbocycles. The summed E-state index contributed by atoms with van der Waals surface area (Å²) in [7, 11) is 2.13. The molecule has 1 amide bonds. The predicted octanol–water partition coefficient (Wildman–Crippen LogP) is 5.33. The number of likely N-dealkylation sites (tertiary alicyclic amines) is 1. The van der Waals surface area contributed by atoms with Gasteiger partial charge in [-0.2, -0.15) is 5.10 Å². The number of hydrogen-bond acceptors (Lipinski definition) is 6. The second-order valence-electron chi connectivity index (χ2n) is 10.5. The monoisotopic (exact) mass is 542 g/mol. The molecule has 0 aliphatic carbocycles. The molecule has 0 bridgehead atoms. The first-order chi connectivity index (χ1) is 18.9. The summed E-state index contributed by atoms with van der Waals surface area (Å²) in [6.07, 6.45) is 1.69. The van der Waals surface area contributed by atoms with E-state index < -0.39 is 5.54 Å². The number of amides is 1. The van der Waals surface area contributed by atoms with Crippen LogP contribution in [0.1, 0.15) is 46.2 Å². The van der Waals surface area contributed by atoms with E-state index in [1.807, 2.05) is 54.6 Å². The summed E-state index contributed by atoms with van der Waals surface area (Å²) >= 11 is 6.40. The number of aromatic nitrogens is 3. The van der Waals surface area contributed by atoms with Gasteiger partial charge in [-0.3, -0.25) is 9.89 Å². The molecule has 1 unspecified atom stereocenters. The van der Waals surface area contributed by atoms with Crippen molar-refractivity contribution in [2.75, 3.05) is 32.1 Å². The summed E-state index contributed by atoms with van der Waals surface area (Å²) in [4.78, 5) is 20.5. The minimum Gasteiger partial charge on any atom is -0.491 e. The van der Waals surface area contributed by atoms with Crippen molar-refractivity contribution < 1.29 is 9.53 Å². The van der Waals surface area contributed by atoms with Gasteiger partial charge in [0.2, 0.25) is 0 Å². The Labute approximate surface area is 232 Å². The highest BCUT2D eigenvalue weighted by Crippen LogP contribution is 2.38. The molecule has 39 heavy (non-hydrogen) atoms. The molecule has 9 heteroatoms. The van der Waals surface area contributed by atoms with Crippen LogP contribution < -0.4 is 15.4 Å². The fourth-order valence-electron chi connectivity index (χ4n) is 5.34. The van der Waals surface area contributed by atoms with Crippen LogP contribution in [0.4, 0.5) is 5.69 Å². The van der Waals surface area contributed by atoms with Crippen molar-refractivity contribution in [2.24, 2.45) is 0 Å². The maximum Gasteiger partial charge on any atom is 0.251 e. The van der Waals surface area contributed by atoms with Crippen LogP contribution >= 0.6 is 11.6 Å². The topological polar surface area (TPSA) is 95.2 Å². The number of fused-ring (bicyclic) bond motifs is 1. The first-order valence-corrected chi connectivity index (χ1v) is 13.6.